The molecule has 2 amide bonds. The molecule has 0 atom stereocenters. The van der Waals surface area contributed by atoms with Crippen LogP contribution in [0.1, 0.15) is 11.1 Å². The standard InChI is InChI=1S/C16H14ClF3N2O/c17-12-5-3-4-11(10-12)8-9-21-15(23)22-14-7-2-1-6-13(14)16(18,19)20/h1-7,10H,8-9H2,(H2,21,22,23). The average Bonchev–Trinajstić information content (AvgIpc) is 2.47. The number of urea groups is 1. The highest BCUT2D eigenvalue weighted by molar-refractivity contribution is 6.30. The second-order valence-electron chi connectivity index (χ2n) is 4.80. The maximum Gasteiger partial charge on any atom is 0.418 e. The topological polar surface area (TPSA) is 41.1 Å². The van der Waals surface area contributed by atoms with Crippen LogP contribution in [0, 0.1) is 0 Å². The third-order valence-electron chi connectivity index (χ3n) is 3.07. The van der Waals surface area contributed by atoms with Crippen LogP contribution in [0.3, 0.4) is 0 Å². The van der Waals surface area contributed by atoms with Crippen molar-refractivity contribution < 1.29 is 18.0 Å². The van der Waals surface area contributed by atoms with Gasteiger partial charge in [-0.15, -0.1) is 0 Å². The van der Waals surface area contributed by atoms with Gasteiger partial charge in [-0.3, -0.25) is 0 Å². The number of carbonyl (C=O) groups excluding carboxylic acids is 1. The minimum absolute atomic E-state index is 0.278. The second-order valence-corrected chi connectivity index (χ2v) is 5.24. The lowest BCUT2D eigenvalue weighted by Gasteiger charge is -2.14. The molecule has 2 aromatic carbocycles. The summed E-state index contributed by atoms with van der Waals surface area (Å²) < 4.78 is 38.5. The number of hydrogen-bond donors (Lipinski definition) is 2. The Labute approximate surface area is 136 Å². The SMILES string of the molecule is O=C(NCCc1cccc(Cl)c1)Nc1ccccc1C(F)(F)F. The van der Waals surface area contributed by atoms with Gasteiger partial charge >= 0.3 is 12.2 Å². The first-order chi connectivity index (χ1) is 10.9. The van der Waals surface area contributed by atoms with Crippen molar-refractivity contribution >= 4 is 23.3 Å². The Balaban J connectivity index is 1.91. The molecule has 0 aromatic heterocycles. The van der Waals surface area contributed by atoms with E-state index in [2.05, 4.69) is 10.6 Å². The number of anilines is 1. The Morgan fingerprint density at radius 3 is 2.52 bits per heavy atom. The fraction of sp³-hybridized carbons (Fsp3) is 0.188. The van der Waals surface area contributed by atoms with Gasteiger partial charge in [0.15, 0.2) is 0 Å². The third kappa shape index (κ3) is 5.17. The normalized spacial score (nSPS) is 11.1. The van der Waals surface area contributed by atoms with E-state index in [0.717, 1.165) is 11.6 Å². The van der Waals surface area contributed by atoms with Crippen molar-refractivity contribution in [2.24, 2.45) is 0 Å². The maximum absolute atomic E-state index is 12.8. The zero-order valence-corrected chi connectivity index (χ0v) is 12.7. The Morgan fingerprint density at radius 1 is 1.09 bits per heavy atom. The van der Waals surface area contributed by atoms with E-state index >= 15 is 0 Å². The summed E-state index contributed by atoms with van der Waals surface area (Å²) in [4.78, 5) is 11.7. The van der Waals surface area contributed by atoms with Gasteiger partial charge in [-0.25, -0.2) is 4.79 Å². The molecule has 0 spiro atoms. The number of carbonyl (C=O) groups is 1. The molecule has 0 saturated carbocycles. The van der Waals surface area contributed by atoms with Crippen LogP contribution in [0.15, 0.2) is 48.5 Å². The van der Waals surface area contributed by atoms with Crippen LogP contribution in [-0.2, 0) is 12.6 Å². The second kappa shape index (κ2) is 7.37. The Bertz CT molecular complexity index is 689. The van der Waals surface area contributed by atoms with Crippen molar-refractivity contribution in [1.82, 2.24) is 5.32 Å². The van der Waals surface area contributed by atoms with Crippen molar-refractivity contribution in [2.45, 2.75) is 12.6 Å². The molecule has 122 valence electrons. The van der Waals surface area contributed by atoms with Crippen molar-refractivity contribution in [2.75, 3.05) is 11.9 Å². The first-order valence-corrected chi connectivity index (χ1v) is 7.19. The highest BCUT2D eigenvalue weighted by Gasteiger charge is 2.33. The number of rotatable bonds is 4. The number of amides is 2. The molecule has 0 fully saturated rings. The zero-order valence-electron chi connectivity index (χ0n) is 12.0. The van der Waals surface area contributed by atoms with E-state index in [0.29, 0.717) is 11.4 Å². The Kier molecular flexibility index (Phi) is 5.50. The fourth-order valence-corrected chi connectivity index (χ4v) is 2.23. The molecule has 2 aromatic rings. The van der Waals surface area contributed by atoms with Crippen LogP contribution in [0.4, 0.5) is 23.7 Å². The molecule has 0 bridgehead atoms. The monoisotopic (exact) mass is 342 g/mol. The first-order valence-electron chi connectivity index (χ1n) is 6.82. The van der Waals surface area contributed by atoms with E-state index in [1.165, 1.54) is 18.2 Å². The molecule has 0 radical (unpaired) electrons. The lowest BCUT2D eigenvalue weighted by Crippen LogP contribution is -2.31. The molecule has 23 heavy (non-hydrogen) atoms. The number of alkyl halides is 3. The summed E-state index contributed by atoms with van der Waals surface area (Å²) in [7, 11) is 0. The van der Waals surface area contributed by atoms with Crippen LogP contribution in [-0.4, -0.2) is 12.6 Å². The van der Waals surface area contributed by atoms with E-state index in [4.69, 9.17) is 11.6 Å². The summed E-state index contributed by atoms with van der Waals surface area (Å²) in [6.07, 6.45) is -4.00. The lowest BCUT2D eigenvalue weighted by molar-refractivity contribution is -0.136. The van der Waals surface area contributed by atoms with Gasteiger partial charge in [0.2, 0.25) is 0 Å². The van der Waals surface area contributed by atoms with Crippen LogP contribution in [0.2, 0.25) is 5.02 Å². The van der Waals surface area contributed by atoms with Gasteiger partial charge in [-0.1, -0.05) is 35.9 Å². The number of para-hydroxylation sites is 1. The van der Waals surface area contributed by atoms with Crippen molar-refractivity contribution in [1.29, 1.82) is 0 Å². The molecule has 0 unspecified atom stereocenters. The molecule has 3 nitrogen and oxygen atoms in total. The Morgan fingerprint density at radius 2 is 1.83 bits per heavy atom. The van der Waals surface area contributed by atoms with Gasteiger partial charge < -0.3 is 10.6 Å². The lowest BCUT2D eigenvalue weighted by atomic mass is 10.1. The molecule has 0 saturated heterocycles. The average molecular weight is 343 g/mol. The smallest absolute Gasteiger partial charge is 0.338 e. The van der Waals surface area contributed by atoms with E-state index in [1.54, 1.807) is 18.2 Å². The number of benzene rings is 2. The maximum atomic E-state index is 12.8. The molecule has 0 aliphatic rings. The molecule has 2 N–H and O–H groups in total. The van der Waals surface area contributed by atoms with Gasteiger partial charge in [-0.2, -0.15) is 13.2 Å². The summed E-state index contributed by atoms with van der Waals surface area (Å²) >= 11 is 5.85. The third-order valence-corrected chi connectivity index (χ3v) is 3.30. The summed E-state index contributed by atoms with van der Waals surface area (Å²) in [6, 6.07) is 11.3. The van der Waals surface area contributed by atoms with E-state index in [1.807, 2.05) is 6.07 Å². The predicted octanol–water partition coefficient (Wildman–Crippen LogP) is 4.72. The number of hydrogen-bond acceptors (Lipinski definition) is 1. The minimum Gasteiger partial charge on any atom is -0.338 e. The number of nitrogens with one attached hydrogen (secondary N) is 2. The molecule has 0 aliphatic heterocycles. The fourth-order valence-electron chi connectivity index (χ4n) is 2.02. The van der Waals surface area contributed by atoms with E-state index in [9.17, 15) is 18.0 Å². The summed E-state index contributed by atoms with van der Waals surface area (Å²) in [5.41, 5.74) is -0.237. The van der Waals surface area contributed by atoms with Gasteiger partial charge in [0.05, 0.1) is 11.3 Å². The van der Waals surface area contributed by atoms with Crippen molar-refractivity contribution in [3.05, 3.63) is 64.7 Å². The van der Waals surface area contributed by atoms with Crippen LogP contribution in [0.25, 0.3) is 0 Å². The summed E-state index contributed by atoms with van der Waals surface area (Å²) in [6.45, 7) is 0.278. The molecule has 0 aliphatic carbocycles. The minimum atomic E-state index is -4.52. The Hall–Kier alpha value is -2.21. The quantitative estimate of drug-likeness (QED) is 0.829. The predicted molar refractivity (Wildman–Crippen MR) is 83.6 cm³/mol. The molecular weight excluding hydrogens is 329 g/mol. The van der Waals surface area contributed by atoms with Gasteiger partial charge in [0.25, 0.3) is 0 Å². The molecule has 2 rings (SSSR count). The van der Waals surface area contributed by atoms with Crippen LogP contribution < -0.4 is 10.6 Å². The largest absolute Gasteiger partial charge is 0.418 e. The van der Waals surface area contributed by atoms with Gasteiger partial charge in [0, 0.05) is 11.6 Å². The van der Waals surface area contributed by atoms with Crippen molar-refractivity contribution in [3.8, 4) is 0 Å². The first kappa shape index (κ1) is 17.1. The van der Waals surface area contributed by atoms with Crippen LogP contribution >= 0.6 is 11.6 Å². The van der Waals surface area contributed by atoms with Crippen molar-refractivity contribution in [3.63, 3.8) is 0 Å². The zero-order chi connectivity index (χ0) is 16.9. The summed E-state index contributed by atoms with van der Waals surface area (Å²) in [5, 5.41) is 5.32. The van der Waals surface area contributed by atoms with Gasteiger partial charge in [0.1, 0.15) is 0 Å². The molecule has 7 heteroatoms. The summed E-state index contributed by atoms with van der Waals surface area (Å²) in [5.74, 6) is 0. The molecule has 0 heterocycles. The van der Waals surface area contributed by atoms with Crippen LogP contribution in [0.5, 0.6) is 0 Å². The van der Waals surface area contributed by atoms with E-state index < -0.39 is 17.8 Å². The highest BCUT2D eigenvalue weighted by Crippen LogP contribution is 2.34. The number of halogens is 4. The van der Waals surface area contributed by atoms with Gasteiger partial charge in [-0.05, 0) is 36.2 Å². The molecular formula is C16H14ClF3N2O. The van der Waals surface area contributed by atoms with E-state index in [-0.39, 0.29) is 12.2 Å². The highest BCUT2D eigenvalue weighted by atomic mass is 35.5.